The SMILES string of the molecule is O=C(OCCc1ccc(F)cc1)c1c(O)c2cccnc2n(Cc2cccnc2)c1=O. The van der Waals surface area contributed by atoms with Gasteiger partial charge in [-0.1, -0.05) is 18.2 Å². The third-order valence-corrected chi connectivity index (χ3v) is 4.80. The summed E-state index contributed by atoms with van der Waals surface area (Å²) in [5.41, 5.74) is 0.590. The molecule has 0 amide bonds. The summed E-state index contributed by atoms with van der Waals surface area (Å²) < 4.78 is 19.6. The van der Waals surface area contributed by atoms with Gasteiger partial charge in [0.2, 0.25) is 0 Å². The van der Waals surface area contributed by atoms with E-state index in [1.807, 2.05) is 0 Å². The van der Waals surface area contributed by atoms with Gasteiger partial charge in [0.05, 0.1) is 18.5 Å². The first kappa shape index (κ1) is 20.2. The summed E-state index contributed by atoms with van der Waals surface area (Å²) >= 11 is 0. The van der Waals surface area contributed by atoms with E-state index in [1.165, 1.54) is 22.9 Å². The van der Waals surface area contributed by atoms with E-state index in [1.54, 1.807) is 48.8 Å². The summed E-state index contributed by atoms with van der Waals surface area (Å²) in [7, 11) is 0. The molecule has 0 bridgehead atoms. The van der Waals surface area contributed by atoms with Crippen LogP contribution in [0.1, 0.15) is 21.5 Å². The third kappa shape index (κ3) is 4.28. The third-order valence-electron chi connectivity index (χ3n) is 4.80. The second-order valence-corrected chi connectivity index (χ2v) is 6.86. The van der Waals surface area contributed by atoms with E-state index >= 15 is 0 Å². The van der Waals surface area contributed by atoms with Crippen molar-refractivity contribution in [3.05, 3.63) is 100.0 Å². The van der Waals surface area contributed by atoms with Crippen LogP contribution >= 0.6 is 0 Å². The molecule has 3 aromatic heterocycles. The van der Waals surface area contributed by atoms with E-state index in [4.69, 9.17) is 4.74 Å². The minimum absolute atomic E-state index is 0.0307. The molecule has 8 heteroatoms. The molecule has 1 aromatic carbocycles. The number of aromatic nitrogens is 3. The molecule has 7 nitrogen and oxygen atoms in total. The van der Waals surface area contributed by atoms with Gasteiger partial charge in [0.1, 0.15) is 17.2 Å². The van der Waals surface area contributed by atoms with Crippen LogP contribution in [0.3, 0.4) is 0 Å². The highest BCUT2D eigenvalue weighted by atomic mass is 19.1. The average Bonchev–Trinajstić information content (AvgIpc) is 2.79. The maximum atomic E-state index is 13.1. The summed E-state index contributed by atoms with van der Waals surface area (Å²) in [5.74, 6) is -1.76. The van der Waals surface area contributed by atoms with Crippen molar-refractivity contribution in [2.75, 3.05) is 6.61 Å². The second kappa shape index (κ2) is 8.74. The molecule has 0 atom stereocenters. The van der Waals surface area contributed by atoms with Crippen molar-refractivity contribution in [2.24, 2.45) is 0 Å². The first-order valence-electron chi connectivity index (χ1n) is 9.55. The van der Waals surface area contributed by atoms with Crippen molar-refractivity contribution >= 4 is 17.0 Å². The lowest BCUT2D eigenvalue weighted by molar-refractivity contribution is 0.0503. The monoisotopic (exact) mass is 419 g/mol. The lowest BCUT2D eigenvalue weighted by Gasteiger charge is -2.14. The average molecular weight is 419 g/mol. The van der Waals surface area contributed by atoms with Crippen LogP contribution in [0.15, 0.2) is 71.9 Å². The van der Waals surface area contributed by atoms with Gasteiger partial charge in [-0.05, 0) is 41.5 Å². The number of halogens is 1. The lowest BCUT2D eigenvalue weighted by atomic mass is 10.1. The predicted octanol–water partition coefficient (Wildman–Crippen LogP) is 3.08. The zero-order valence-electron chi connectivity index (χ0n) is 16.4. The molecule has 156 valence electrons. The minimum atomic E-state index is -0.935. The number of pyridine rings is 3. The number of benzene rings is 1. The fraction of sp³-hybridized carbons (Fsp3) is 0.130. The molecule has 0 aliphatic carbocycles. The Hall–Kier alpha value is -4.07. The Kier molecular flexibility index (Phi) is 5.70. The number of carbonyl (C=O) groups is 1. The molecule has 31 heavy (non-hydrogen) atoms. The summed E-state index contributed by atoms with van der Waals surface area (Å²) in [6, 6.07) is 12.5. The molecule has 4 rings (SSSR count). The molecular formula is C23H18FN3O4. The normalized spacial score (nSPS) is 10.9. The fourth-order valence-electron chi connectivity index (χ4n) is 3.25. The van der Waals surface area contributed by atoms with Crippen molar-refractivity contribution in [3.8, 4) is 5.75 Å². The van der Waals surface area contributed by atoms with Gasteiger partial charge >= 0.3 is 5.97 Å². The number of rotatable bonds is 6. The molecule has 1 N–H and O–H groups in total. The first-order chi connectivity index (χ1) is 15.0. The van der Waals surface area contributed by atoms with Crippen molar-refractivity contribution in [3.63, 3.8) is 0 Å². The smallest absolute Gasteiger partial charge is 0.347 e. The number of ether oxygens (including phenoxy) is 1. The highest BCUT2D eigenvalue weighted by molar-refractivity contribution is 5.98. The molecule has 4 aromatic rings. The molecule has 0 saturated heterocycles. The number of esters is 1. The Morgan fingerprint density at radius 1 is 1.06 bits per heavy atom. The molecule has 0 radical (unpaired) electrons. The van der Waals surface area contributed by atoms with Crippen LogP contribution in [0.25, 0.3) is 11.0 Å². The second-order valence-electron chi connectivity index (χ2n) is 6.86. The molecule has 3 heterocycles. The summed E-state index contributed by atoms with van der Waals surface area (Å²) in [4.78, 5) is 34.1. The summed E-state index contributed by atoms with van der Waals surface area (Å²) in [5, 5.41) is 10.9. The topological polar surface area (TPSA) is 94.3 Å². The van der Waals surface area contributed by atoms with E-state index in [0.717, 1.165) is 11.1 Å². The lowest BCUT2D eigenvalue weighted by Crippen LogP contribution is -2.29. The van der Waals surface area contributed by atoms with Crippen molar-refractivity contribution in [2.45, 2.75) is 13.0 Å². The molecule has 0 saturated carbocycles. The first-order valence-corrected chi connectivity index (χ1v) is 9.55. The van der Waals surface area contributed by atoms with Crippen molar-refractivity contribution in [1.82, 2.24) is 14.5 Å². The molecule has 0 spiro atoms. The van der Waals surface area contributed by atoms with Gasteiger partial charge in [-0.3, -0.25) is 14.3 Å². The van der Waals surface area contributed by atoms with E-state index in [2.05, 4.69) is 9.97 Å². The number of hydrogen-bond acceptors (Lipinski definition) is 6. The Balaban J connectivity index is 1.65. The minimum Gasteiger partial charge on any atom is -0.506 e. The Morgan fingerprint density at radius 3 is 2.58 bits per heavy atom. The van der Waals surface area contributed by atoms with Crippen LogP contribution < -0.4 is 5.56 Å². The summed E-state index contributed by atoms with van der Waals surface area (Å²) in [6.45, 7) is 0.0906. The standard InChI is InChI=1S/C23H18FN3O4/c24-17-7-5-15(6-8-17)9-12-31-23(30)19-20(28)18-4-2-11-26-21(18)27(22(19)29)14-16-3-1-10-25-13-16/h1-8,10-11,13,28H,9,12,14H2. The number of fused-ring (bicyclic) bond motifs is 1. The predicted molar refractivity (Wildman–Crippen MR) is 111 cm³/mol. The van der Waals surface area contributed by atoms with Crippen LogP contribution in [0.4, 0.5) is 4.39 Å². The van der Waals surface area contributed by atoms with Gasteiger partial charge in [0.25, 0.3) is 5.56 Å². The molecule has 0 unspecified atom stereocenters. The van der Waals surface area contributed by atoms with E-state index in [9.17, 15) is 19.1 Å². The number of nitrogens with zero attached hydrogens (tertiary/aromatic N) is 3. The molecule has 0 aliphatic rings. The van der Waals surface area contributed by atoms with Gasteiger partial charge < -0.3 is 9.84 Å². The highest BCUT2D eigenvalue weighted by Crippen LogP contribution is 2.26. The number of carbonyl (C=O) groups excluding carboxylic acids is 1. The quantitative estimate of drug-likeness (QED) is 0.483. The van der Waals surface area contributed by atoms with Crippen molar-refractivity contribution < 1.29 is 19.0 Å². The largest absolute Gasteiger partial charge is 0.506 e. The van der Waals surface area contributed by atoms with Crippen LogP contribution in [-0.4, -0.2) is 32.2 Å². The molecule has 0 fully saturated rings. The maximum absolute atomic E-state index is 13.1. The van der Waals surface area contributed by atoms with Crippen molar-refractivity contribution in [1.29, 1.82) is 0 Å². The van der Waals surface area contributed by atoms with Gasteiger partial charge in [-0.15, -0.1) is 0 Å². The van der Waals surface area contributed by atoms with Gasteiger partial charge in [0.15, 0.2) is 5.56 Å². The Morgan fingerprint density at radius 2 is 1.84 bits per heavy atom. The Labute approximate surface area is 176 Å². The van der Waals surface area contributed by atoms with E-state index in [-0.39, 0.29) is 30.0 Å². The van der Waals surface area contributed by atoms with Gasteiger partial charge in [-0.25, -0.2) is 14.2 Å². The Bertz CT molecular complexity index is 1290. The van der Waals surface area contributed by atoms with Gasteiger partial charge in [0, 0.05) is 25.0 Å². The van der Waals surface area contributed by atoms with Crippen LogP contribution in [0.2, 0.25) is 0 Å². The molecule has 0 aliphatic heterocycles. The highest BCUT2D eigenvalue weighted by Gasteiger charge is 2.24. The van der Waals surface area contributed by atoms with Gasteiger partial charge in [-0.2, -0.15) is 0 Å². The van der Waals surface area contributed by atoms with Crippen LogP contribution in [0.5, 0.6) is 5.75 Å². The zero-order chi connectivity index (χ0) is 21.8. The fourth-order valence-corrected chi connectivity index (χ4v) is 3.25. The maximum Gasteiger partial charge on any atom is 0.347 e. The summed E-state index contributed by atoms with van der Waals surface area (Å²) in [6.07, 6.45) is 5.06. The van der Waals surface area contributed by atoms with Crippen LogP contribution in [-0.2, 0) is 17.7 Å². The van der Waals surface area contributed by atoms with E-state index in [0.29, 0.717) is 6.42 Å². The van der Waals surface area contributed by atoms with Crippen LogP contribution in [0, 0.1) is 5.82 Å². The molecular weight excluding hydrogens is 401 g/mol. The zero-order valence-corrected chi connectivity index (χ0v) is 16.4. The van der Waals surface area contributed by atoms with E-state index < -0.39 is 22.8 Å². The number of aromatic hydroxyl groups is 1. The number of hydrogen-bond donors (Lipinski definition) is 1.